The second-order valence-corrected chi connectivity index (χ2v) is 10.8. The van der Waals surface area contributed by atoms with E-state index in [2.05, 4.69) is 89.8 Å². The van der Waals surface area contributed by atoms with Crippen molar-refractivity contribution in [2.45, 2.75) is 9.79 Å². The molecule has 1 aromatic heterocycles. The maximum Gasteiger partial charge on any atom is 0.263 e. The van der Waals surface area contributed by atoms with Gasteiger partial charge in [0.2, 0.25) is 0 Å². The summed E-state index contributed by atoms with van der Waals surface area (Å²) in [4.78, 5) is 19.0. The Balaban J connectivity index is 1.51. The fraction of sp³-hybridized carbons (Fsp3) is 0. The Kier molecular flexibility index (Phi) is 3.44. The summed E-state index contributed by atoms with van der Waals surface area (Å²) in [6, 6.07) is 36.3. The fourth-order valence-electron chi connectivity index (χ4n) is 6.63. The molecule has 0 amide bonds. The van der Waals surface area contributed by atoms with Crippen LogP contribution in [0, 0.1) is 0 Å². The number of aromatic nitrogens is 1. The third kappa shape index (κ3) is 2.12. The zero-order valence-electron chi connectivity index (χ0n) is 19.1. The highest BCUT2D eigenvalue weighted by molar-refractivity contribution is 7.99. The SMILES string of the molecule is O=c1c2ccccc2c2cccc3c2n1-c1cccc2c1B3c1cccc3c1N2c1ccccc1S3. The van der Waals surface area contributed by atoms with Crippen molar-refractivity contribution in [1.29, 1.82) is 0 Å². The lowest BCUT2D eigenvalue weighted by molar-refractivity contribution is 1.06. The molecule has 5 heteroatoms. The van der Waals surface area contributed by atoms with Crippen LogP contribution in [0.3, 0.4) is 0 Å². The van der Waals surface area contributed by atoms with Gasteiger partial charge in [-0.2, -0.15) is 0 Å². The van der Waals surface area contributed by atoms with E-state index in [0.717, 1.165) is 33.1 Å². The Morgan fingerprint density at radius 1 is 0.583 bits per heavy atom. The van der Waals surface area contributed by atoms with Gasteiger partial charge in [0.25, 0.3) is 12.3 Å². The van der Waals surface area contributed by atoms with E-state index in [9.17, 15) is 4.79 Å². The van der Waals surface area contributed by atoms with Crippen molar-refractivity contribution in [3.63, 3.8) is 0 Å². The number of fused-ring (bicyclic) bond motifs is 8. The van der Waals surface area contributed by atoms with Crippen LogP contribution in [0.5, 0.6) is 0 Å². The molecule has 0 unspecified atom stereocenters. The lowest BCUT2D eigenvalue weighted by Crippen LogP contribution is -2.61. The van der Waals surface area contributed by atoms with Crippen LogP contribution in [0.1, 0.15) is 0 Å². The first kappa shape index (κ1) is 19.0. The predicted octanol–water partition coefficient (Wildman–Crippen LogP) is 5.22. The minimum atomic E-state index is 0.0477. The van der Waals surface area contributed by atoms with Crippen LogP contribution in [-0.4, -0.2) is 11.3 Å². The third-order valence-electron chi connectivity index (χ3n) is 7.97. The van der Waals surface area contributed by atoms with Gasteiger partial charge in [-0.05, 0) is 58.2 Å². The van der Waals surface area contributed by atoms with E-state index < -0.39 is 0 Å². The maximum atomic E-state index is 14.1. The van der Waals surface area contributed by atoms with Crippen LogP contribution < -0.4 is 26.8 Å². The van der Waals surface area contributed by atoms with Gasteiger partial charge in [0.15, 0.2) is 0 Å². The van der Waals surface area contributed by atoms with Gasteiger partial charge < -0.3 is 4.90 Å². The molecule has 0 radical (unpaired) electrons. The summed E-state index contributed by atoms with van der Waals surface area (Å²) in [5.41, 5.74) is 9.41. The summed E-state index contributed by atoms with van der Waals surface area (Å²) >= 11 is 1.84. The number of pyridine rings is 1. The van der Waals surface area contributed by atoms with Crippen molar-refractivity contribution in [2.75, 3.05) is 4.90 Å². The molecule has 0 N–H and O–H groups in total. The summed E-state index contributed by atoms with van der Waals surface area (Å²) in [5, 5.41) is 2.91. The summed E-state index contributed by atoms with van der Waals surface area (Å²) in [5.74, 6) is 0. The third-order valence-corrected chi connectivity index (χ3v) is 9.09. The predicted molar refractivity (Wildman–Crippen MR) is 151 cm³/mol. The first-order valence-electron chi connectivity index (χ1n) is 12.2. The van der Waals surface area contributed by atoms with Crippen LogP contribution >= 0.6 is 11.8 Å². The Morgan fingerprint density at radius 3 is 2.19 bits per heavy atom. The van der Waals surface area contributed by atoms with Crippen LogP contribution in [0.15, 0.2) is 118 Å². The van der Waals surface area contributed by atoms with E-state index in [1.165, 1.54) is 37.6 Å². The molecule has 0 spiro atoms. The van der Waals surface area contributed by atoms with Crippen molar-refractivity contribution in [3.8, 4) is 5.69 Å². The molecule has 3 aliphatic rings. The molecule has 4 heterocycles. The van der Waals surface area contributed by atoms with E-state index in [-0.39, 0.29) is 12.3 Å². The highest BCUT2D eigenvalue weighted by Gasteiger charge is 2.43. The lowest BCUT2D eigenvalue weighted by atomic mass is 9.33. The van der Waals surface area contributed by atoms with Crippen molar-refractivity contribution < 1.29 is 0 Å². The Labute approximate surface area is 211 Å². The van der Waals surface area contributed by atoms with E-state index in [1.54, 1.807) is 0 Å². The molecule has 0 saturated carbocycles. The lowest BCUT2D eigenvalue weighted by Gasteiger charge is -2.43. The first-order chi connectivity index (χ1) is 17.8. The monoisotopic (exact) mass is 476 g/mol. The second kappa shape index (κ2) is 6.51. The standard InChI is InChI=1S/C31H17BN2OS/c35-31-20-9-2-1-8-18(20)19-10-5-11-21-29(19)34(31)25-15-7-14-24-28(25)32(21)22-12-6-17-27-30(22)33(24)23-13-3-4-16-26(23)36-27/h1-17H. The van der Waals surface area contributed by atoms with Gasteiger partial charge in [0.05, 0.1) is 16.9 Å². The number of hydrogen-bond acceptors (Lipinski definition) is 3. The molecule has 36 heavy (non-hydrogen) atoms. The molecule has 3 nitrogen and oxygen atoms in total. The van der Waals surface area contributed by atoms with Gasteiger partial charge in [0, 0.05) is 31.9 Å². The molecule has 5 aromatic carbocycles. The minimum Gasteiger partial charge on any atom is -0.309 e. The zero-order valence-corrected chi connectivity index (χ0v) is 19.9. The molecule has 0 saturated heterocycles. The second-order valence-electron chi connectivity index (χ2n) is 9.67. The van der Waals surface area contributed by atoms with Gasteiger partial charge in [0.1, 0.15) is 0 Å². The normalized spacial score (nSPS) is 14.0. The molecule has 6 aromatic rings. The number of anilines is 3. The molecule has 166 valence electrons. The highest BCUT2D eigenvalue weighted by atomic mass is 32.2. The number of benzene rings is 5. The molecule has 0 bridgehead atoms. The highest BCUT2D eigenvalue weighted by Crippen LogP contribution is 2.52. The van der Waals surface area contributed by atoms with Crippen molar-refractivity contribution in [3.05, 3.63) is 113 Å². The minimum absolute atomic E-state index is 0.0477. The largest absolute Gasteiger partial charge is 0.309 e. The summed E-state index contributed by atoms with van der Waals surface area (Å²) in [6.45, 7) is 0.0672. The molecular formula is C31H17BN2OS. The number of rotatable bonds is 0. The van der Waals surface area contributed by atoms with E-state index in [4.69, 9.17) is 0 Å². The molecule has 0 aliphatic carbocycles. The molecule has 3 aliphatic heterocycles. The Bertz CT molecular complexity index is 2030. The molecule has 0 atom stereocenters. The Morgan fingerprint density at radius 2 is 1.25 bits per heavy atom. The number of hydrogen-bond donors (Lipinski definition) is 0. The molecular weight excluding hydrogens is 459 g/mol. The van der Waals surface area contributed by atoms with Crippen molar-refractivity contribution in [2.24, 2.45) is 0 Å². The summed E-state index contributed by atoms with van der Waals surface area (Å²) in [6.07, 6.45) is 0. The van der Waals surface area contributed by atoms with E-state index in [1.807, 2.05) is 34.5 Å². The van der Waals surface area contributed by atoms with Gasteiger partial charge in [-0.3, -0.25) is 9.36 Å². The van der Waals surface area contributed by atoms with E-state index in [0.29, 0.717) is 0 Å². The van der Waals surface area contributed by atoms with Crippen LogP contribution in [0.2, 0.25) is 0 Å². The topological polar surface area (TPSA) is 25.2 Å². The van der Waals surface area contributed by atoms with Gasteiger partial charge in [-0.1, -0.05) is 78.5 Å². The van der Waals surface area contributed by atoms with Crippen LogP contribution in [0.25, 0.3) is 27.4 Å². The Hall–Kier alpha value is -4.22. The van der Waals surface area contributed by atoms with Gasteiger partial charge in [-0.15, -0.1) is 0 Å². The van der Waals surface area contributed by atoms with Gasteiger partial charge >= 0.3 is 0 Å². The summed E-state index contributed by atoms with van der Waals surface area (Å²) in [7, 11) is 0. The number of para-hydroxylation sites is 3. The molecule has 9 rings (SSSR count). The average molecular weight is 476 g/mol. The quantitative estimate of drug-likeness (QED) is 0.222. The average Bonchev–Trinajstić information content (AvgIpc) is 2.93. The van der Waals surface area contributed by atoms with Crippen molar-refractivity contribution in [1.82, 2.24) is 4.57 Å². The van der Waals surface area contributed by atoms with Crippen LogP contribution in [-0.2, 0) is 0 Å². The van der Waals surface area contributed by atoms with Crippen molar-refractivity contribution >= 4 is 73.6 Å². The fourth-order valence-corrected chi connectivity index (χ4v) is 7.73. The van der Waals surface area contributed by atoms with E-state index >= 15 is 0 Å². The smallest absolute Gasteiger partial charge is 0.263 e. The van der Waals surface area contributed by atoms with Crippen LogP contribution in [0.4, 0.5) is 17.1 Å². The maximum absolute atomic E-state index is 14.1. The zero-order chi connectivity index (χ0) is 23.5. The molecule has 0 fully saturated rings. The first-order valence-corrected chi connectivity index (χ1v) is 13.0. The number of nitrogens with zero attached hydrogens (tertiary/aromatic N) is 2. The van der Waals surface area contributed by atoms with Gasteiger partial charge in [-0.25, -0.2) is 0 Å². The summed E-state index contributed by atoms with van der Waals surface area (Å²) < 4.78 is 1.97.